The van der Waals surface area contributed by atoms with E-state index in [1.165, 1.54) is 12.1 Å². The van der Waals surface area contributed by atoms with E-state index >= 15 is 0 Å². The zero-order valence-corrected chi connectivity index (χ0v) is 18.8. The van der Waals surface area contributed by atoms with E-state index in [1.807, 2.05) is 36.4 Å². The summed E-state index contributed by atoms with van der Waals surface area (Å²) in [5.41, 5.74) is 3.52. The second-order valence-corrected chi connectivity index (χ2v) is 7.88. The minimum Gasteiger partial charge on any atom is -0.497 e. The van der Waals surface area contributed by atoms with Gasteiger partial charge < -0.3 is 20.1 Å². The number of ether oxygens (including phenoxy) is 2. The third-order valence-electron chi connectivity index (χ3n) is 5.33. The molecular weight excluding hydrogens is 429 g/mol. The molecular formula is C25H25ClFN3O2. The molecule has 0 fully saturated rings. The molecule has 0 aliphatic rings. The van der Waals surface area contributed by atoms with Gasteiger partial charge in [0.05, 0.1) is 30.9 Å². The Kier molecular flexibility index (Phi) is 6.93. The minimum absolute atomic E-state index is 0.267. The molecule has 0 radical (unpaired) electrons. The van der Waals surface area contributed by atoms with E-state index < -0.39 is 0 Å². The highest BCUT2D eigenvalue weighted by Crippen LogP contribution is 2.34. The van der Waals surface area contributed by atoms with Crippen molar-refractivity contribution in [2.75, 3.05) is 32.6 Å². The predicted octanol–water partition coefficient (Wildman–Crippen LogP) is 5.79. The summed E-state index contributed by atoms with van der Waals surface area (Å²) in [6.45, 7) is 2.06. The summed E-state index contributed by atoms with van der Waals surface area (Å²) in [7, 11) is 3.24. The number of fused-ring (bicyclic) bond motifs is 2. The highest BCUT2D eigenvalue weighted by Gasteiger charge is 2.11. The van der Waals surface area contributed by atoms with Crippen LogP contribution in [0.4, 0.5) is 10.1 Å². The first-order valence-corrected chi connectivity index (χ1v) is 10.8. The molecule has 1 heterocycles. The molecule has 4 rings (SSSR count). The van der Waals surface area contributed by atoms with E-state index in [0.29, 0.717) is 17.3 Å². The molecule has 0 aliphatic carbocycles. The highest BCUT2D eigenvalue weighted by molar-refractivity contribution is 6.31. The van der Waals surface area contributed by atoms with Crippen LogP contribution in [0.25, 0.3) is 21.8 Å². The van der Waals surface area contributed by atoms with Crippen LogP contribution in [0.5, 0.6) is 11.5 Å². The number of halogens is 2. The monoisotopic (exact) mass is 453 g/mol. The van der Waals surface area contributed by atoms with Crippen LogP contribution in [0.15, 0.2) is 54.6 Å². The third kappa shape index (κ3) is 4.87. The molecule has 7 heteroatoms. The Morgan fingerprint density at radius 3 is 2.59 bits per heavy atom. The van der Waals surface area contributed by atoms with Crippen LogP contribution >= 0.6 is 11.6 Å². The first-order chi connectivity index (χ1) is 15.6. The molecule has 2 N–H and O–H groups in total. The van der Waals surface area contributed by atoms with Crippen LogP contribution < -0.4 is 20.1 Å². The number of nitrogens with zero attached hydrogens (tertiary/aromatic N) is 1. The fraction of sp³-hybridized carbons (Fsp3) is 0.240. The van der Waals surface area contributed by atoms with E-state index in [9.17, 15) is 4.39 Å². The molecule has 0 atom stereocenters. The minimum atomic E-state index is -0.267. The quantitative estimate of drug-likeness (QED) is 0.248. The second kappa shape index (κ2) is 10.0. The maximum Gasteiger partial charge on any atom is 0.123 e. The molecule has 0 saturated carbocycles. The zero-order chi connectivity index (χ0) is 22.5. The first kappa shape index (κ1) is 22.1. The number of aromatic nitrogens is 1. The lowest BCUT2D eigenvalue weighted by Crippen LogP contribution is -2.18. The van der Waals surface area contributed by atoms with Crippen molar-refractivity contribution in [2.45, 2.75) is 13.0 Å². The second-order valence-electron chi connectivity index (χ2n) is 7.44. The lowest BCUT2D eigenvalue weighted by atomic mass is 10.1. The SMILES string of the molecule is COc1ccc2nc3cc(Cl)ccc3c(NCCCNCc3cc(F)ccc3OC)c2c1. The molecule has 4 aromatic rings. The largest absolute Gasteiger partial charge is 0.497 e. The third-order valence-corrected chi connectivity index (χ3v) is 5.57. The first-order valence-electron chi connectivity index (χ1n) is 10.4. The van der Waals surface area contributed by atoms with Crippen molar-refractivity contribution >= 4 is 39.1 Å². The predicted molar refractivity (Wildman–Crippen MR) is 129 cm³/mol. The number of methoxy groups -OCH3 is 2. The van der Waals surface area contributed by atoms with Crippen molar-refractivity contribution in [3.05, 3.63) is 71.0 Å². The van der Waals surface area contributed by atoms with Gasteiger partial charge in [-0.05, 0) is 67.6 Å². The van der Waals surface area contributed by atoms with Gasteiger partial charge in [-0.25, -0.2) is 9.37 Å². The van der Waals surface area contributed by atoms with Gasteiger partial charge in [-0.1, -0.05) is 11.6 Å². The van der Waals surface area contributed by atoms with Crippen molar-refractivity contribution in [3.8, 4) is 11.5 Å². The Hall–Kier alpha value is -3.09. The zero-order valence-electron chi connectivity index (χ0n) is 18.0. The smallest absolute Gasteiger partial charge is 0.123 e. The van der Waals surface area contributed by atoms with E-state index in [4.69, 9.17) is 26.1 Å². The Labute approximate surface area is 191 Å². The topological polar surface area (TPSA) is 55.4 Å². The van der Waals surface area contributed by atoms with Crippen LogP contribution in [0.3, 0.4) is 0 Å². The van der Waals surface area contributed by atoms with Crippen molar-refractivity contribution < 1.29 is 13.9 Å². The van der Waals surface area contributed by atoms with Gasteiger partial charge in [0.1, 0.15) is 17.3 Å². The number of hydrogen-bond acceptors (Lipinski definition) is 5. The summed E-state index contributed by atoms with van der Waals surface area (Å²) >= 11 is 6.19. The van der Waals surface area contributed by atoms with Gasteiger partial charge in [-0.3, -0.25) is 0 Å². The molecule has 0 saturated heterocycles. The van der Waals surface area contributed by atoms with Gasteiger partial charge in [0, 0.05) is 34.4 Å². The van der Waals surface area contributed by atoms with Crippen molar-refractivity contribution in [2.24, 2.45) is 0 Å². The summed E-state index contributed by atoms with van der Waals surface area (Å²) in [4.78, 5) is 4.75. The maximum atomic E-state index is 13.5. The summed E-state index contributed by atoms with van der Waals surface area (Å²) in [5, 5.41) is 9.58. The number of rotatable bonds is 9. The van der Waals surface area contributed by atoms with E-state index in [1.54, 1.807) is 20.3 Å². The van der Waals surface area contributed by atoms with Gasteiger partial charge in [0.15, 0.2) is 0 Å². The Morgan fingerprint density at radius 1 is 0.906 bits per heavy atom. The van der Waals surface area contributed by atoms with Crippen molar-refractivity contribution in [3.63, 3.8) is 0 Å². The average Bonchev–Trinajstić information content (AvgIpc) is 2.80. The Morgan fingerprint density at radius 2 is 1.78 bits per heavy atom. The van der Waals surface area contributed by atoms with Gasteiger partial charge >= 0.3 is 0 Å². The molecule has 1 aromatic heterocycles. The van der Waals surface area contributed by atoms with Crippen LogP contribution in [0, 0.1) is 5.82 Å². The maximum absolute atomic E-state index is 13.5. The van der Waals surface area contributed by atoms with Crippen molar-refractivity contribution in [1.82, 2.24) is 10.3 Å². The molecule has 166 valence electrons. The molecule has 0 bridgehead atoms. The standard InChI is InChI=1S/C25H25ClFN3O2/c1-31-19-6-8-22-21(14-19)25(20-7-4-17(26)13-23(20)30-22)29-11-3-10-28-15-16-12-18(27)5-9-24(16)32-2/h4-9,12-14,28H,3,10-11,15H2,1-2H3,(H,29,30). The summed E-state index contributed by atoms with van der Waals surface area (Å²) in [6, 6.07) is 16.1. The number of hydrogen-bond donors (Lipinski definition) is 2. The molecule has 0 amide bonds. The lowest BCUT2D eigenvalue weighted by molar-refractivity contribution is 0.406. The lowest BCUT2D eigenvalue weighted by Gasteiger charge is -2.15. The Balaban J connectivity index is 1.46. The highest BCUT2D eigenvalue weighted by atomic mass is 35.5. The summed E-state index contributed by atoms with van der Waals surface area (Å²) < 4.78 is 24.2. The fourth-order valence-corrected chi connectivity index (χ4v) is 3.92. The molecule has 0 unspecified atom stereocenters. The van der Waals surface area contributed by atoms with Crippen LogP contribution in [-0.4, -0.2) is 32.3 Å². The van der Waals surface area contributed by atoms with E-state index in [2.05, 4.69) is 10.6 Å². The summed E-state index contributed by atoms with van der Waals surface area (Å²) in [5.74, 6) is 1.19. The molecule has 5 nitrogen and oxygen atoms in total. The molecule has 3 aromatic carbocycles. The van der Waals surface area contributed by atoms with Crippen LogP contribution in [-0.2, 0) is 6.54 Å². The van der Waals surface area contributed by atoms with Gasteiger partial charge in [0.25, 0.3) is 0 Å². The van der Waals surface area contributed by atoms with Crippen LogP contribution in [0.2, 0.25) is 5.02 Å². The molecule has 0 aliphatic heterocycles. The Bertz CT molecular complexity index is 1250. The fourth-order valence-electron chi connectivity index (χ4n) is 3.75. The number of pyridine rings is 1. The molecule has 0 spiro atoms. The molecule has 32 heavy (non-hydrogen) atoms. The number of nitrogens with one attached hydrogen (secondary N) is 2. The van der Waals surface area contributed by atoms with Gasteiger partial charge in [-0.2, -0.15) is 0 Å². The van der Waals surface area contributed by atoms with Crippen LogP contribution in [0.1, 0.15) is 12.0 Å². The number of benzene rings is 3. The average molecular weight is 454 g/mol. The number of anilines is 1. The summed E-state index contributed by atoms with van der Waals surface area (Å²) in [6.07, 6.45) is 0.875. The van der Waals surface area contributed by atoms with E-state index in [-0.39, 0.29) is 5.82 Å². The van der Waals surface area contributed by atoms with E-state index in [0.717, 1.165) is 58.3 Å². The van der Waals surface area contributed by atoms with Crippen molar-refractivity contribution in [1.29, 1.82) is 0 Å². The van der Waals surface area contributed by atoms with Gasteiger partial charge in [-0.15, -0.1) is 0 Å². The van der Waals surface area contributed by atoms with Gasteiger partial charge in [0.2, 0.25) is 0 Å². The normalized spacial score (nSPS) is 11.1.